The Morgan fingerprint density at radius 2 is 2.18 bits per heavy atom. The molecule has 0 amide bonds. The summed E-state index contributed by atoms with van der Waals surface area (Å²) in [6, 6.07) is 11.8. The highest BCUT2D eigenvalue weighted by Gasteiger charge is 2.02. The first-order valence-corrected chi connectivity index (χ1v) is 6.37. The van der Waals surface area contributed by atoms with Gasteiger partial charge in [-0.15, -0.1) is 11.3 Å². The van der Waals surface area contributed by atoms with Crippen molar-refractivity contribution < 1.29 is 0 Å². The minimum atomic E-state index is 0.690. The average molecular weight is 263 g/mol. The van der Waals surface area contributed by atoms with Gasteiger partial charge in [-0.1, -0.05) is 17.7 Å². The third kappa shape index (κ3) is 3.00. The molecule has 1 aromatic heterocycles. The van der Waals surface area contributed by atoms with Crippen LogP contribution < -0.4 is 5.32 Å². The van der Waals surface area contributed by atoms with Crippen molar-refractivity contribution in [2.24, 2.45) is 0 Å². The third-order valence-electron chi connectivity index (χ3n) is 2.35. The lowest BCUT2D eigenvalue weighted by Crippen LogP contribution is -1.97. The van der Waals surface area contributed by atoms with E-state index < -0.39 is 0 Å². The second-order valence-corrected chi connectivity index (χ2v) is 5.29. The number of halogens is 1. The molecule has 0 spiro atoms. The van der Waals surface area contributed by atoms with Crippen LogP contribution in [0.4, 0.5) is 5.69 Å². The minimum absolute atomic E-state index is 0.690. The van der Waals surface area contributed by atoms with Crippen LogP contribution in [0.1, 0.15) is 15.3 Å². The van der Waals surface area contributed by atoms with Gasteiger partial charge in [0.25, 0.3) is 0 Å². The molecule has 0 radical (unpaired) electrons. The number of nitrogens with zero attached hydrogens (tertiary/aromatic N) is 1. The normalized spacial score (nSPS) is 9.94. The summed E-state index contributed by atoms with van der Waals surface area (Å²) in [4.78, 5) is 1.86. The number of nitriles is 1. The number of rotatable bonds is 3. The second-order valence-electron chi connectivity index (χ2n) is 3.71. The molecule has 0 aliphatic heterocycles. The summed E-state index contributed by atoms with van der Waals surface area (Å²) < 4.78 is 0. The molecule has 2 aromatic rings. The van der Waals surface area contributed by atoms with Crippen LogP contribution >= 0.6 is 22.9 Å². The van der Waals surface area contributed by atoms with E-state index in [4.69, 9.17) is 16.9 Å². The van der Waals surface area contributed by atoms with Crippen LogP contribution in [0.5, 0.6) is 0 Å². The summed E-state index contributed by atoms with van der Waals surface area (Å²) in [6.45, 7) is 2.70. The van der Waals surface area contributed by atoms with Crippen molar-refractivity contribution in [1.82, 2.24) is 0 Å². The van der Waals surface area contributed by atoms with Crippen molar-refractivity contribution in [3.8, 4) is 6.07 Å². The quantitative estimate of drug-likeness (QED) is 0.900. The molecule has 0 fully saturated rings. The van der Waals surface area contributed by atoms with Gasteiger partial charge in [0.05, 0.1) is 10.7 Å². The fourth-order valence-corrected chi connectivity index (χ4v) is 2.53. The summed E-state index contributed by atoms with van der Waals surface area (Å²) in [6.07, 6.45) is 0. The van der Waals surface area contributed by atoms with Crippen LogP contribution in [0, 0.1) is 18.3 Å². The number of thiophene rings is 1. The zero-order valence-corrected chi connectivity index (χ0v) is 10.9. The van der Waals surface area contributed by atoms with Gasteiger partial charge in [0.1, 0.15) is 10.9 Å². The maximum atomic E-state index is 8.73. The van der Waals surface area contributed by atoms with Gasteiger partial charge in [0, 0.05) is 11.4 Å². The van der Waals surface area contributed by atoms with Gasteiger partial charge < -0.3 is 5.32 Å². The Kier molecular flexibility index (Phi) is 3.68. The van der Waals surface area contributed by atoms with Crippen molar-refractivity contribution in [2.75, 3.05) is 5.32 Å². The molecule has 0 saturated carbocycles. The number of aryl methyl sites for hydroxylation is 1. The van der Waals surface area contributed by atoms with Gasteiger partial charge in [-0.2, -0.15) is 5.26 Å². The summed E-state index contributed by atoms with van der Waals surface area (Å²) in [5.41, 5.74) is 2.06. The van der Waals surface area contributed by atoms with Gasteiger partial charge in [-0.05, 0) is 36.8 Å². The Labute approximate surface area is 109 Å². The molecule has 0 unspecified atom stereocenters. The van der Waals surface area contributed by atoms with Crippen LogP contribution in [0.25, 0.3) is 0 Å². The van der Waals surface area contributed by atoms with Gasteiger partial charge in [-0.25, -0.2) is 0 Å². The molecule has 2 rings (SSSR count). The highest BCUT2D eigenvalue weighted by molar-refractivity contribution is 7.12. The van der Waals surface area contributed by atoms with E-state index in [0.29, 0.717) is 6.54 Å². The highest BCUT2D eigenvalue weighted by atomic mass is 35.5. The van der Waals surface area contributed by atoms with Gasteiger partial charge in [-0.3, -0.25) is 0 Å². The number of benzene rings is 1. The van der Waals surface area contributed by atoms with Crippen LogP contribution in [-0.4, -0.2) is 0 Å². The first-order chi connectivity index (χ1) is 8.19. The molecule has 4 heteroatoms. The lowest BCUT2D eigenvalue weighted by Gasteiger charge is -2.07. The maximum absolute atomic E-state index is 8.73. The van der Waals surface area contributed by atoms with E-state index in [1.165, 1.54) is 11.3 Å². The molecule has 2 nitrogen and oxygen atoms in total. The van der Waals surface area contributed by atoms with Gasteiger partial charge in [0.15, 0.2) is 0 Å². The van der Waals surface area contributed by atoms with Crippen LogP contribution in [0.2, 0.25) is 5.02 Å². The van der Waals surface area contributed by atoms with E-state index in [-0.39, 0.29) is 0 Å². The molecular formula is C13H11ClN2S. The summed E-state index contributed by atoms with van der Waals surface area (Å²) >= 11 is 7.61. The van der Waals surface area contributed by atoms with Crippen LogP contribution in [-0.2, 0) is 6.54 Å². The largest absolute Gasteiger partial charge is 0.379 e. The predicted molar refractivity (Wildman–Crippen MR) is 72.5 cm³/mol. The fraction of sp³-hybridized carbons (Fsp3) is 0.154. The molecule has 86 valence electrons. The van der Waals surface area contributed by atoms with Crippen molar-refractivity contribution >= 4 is 28.6 Å². The molecule has 0 aliphatic rings. The third-order valence-corrected chi connectivity index (χ3v) is 3.65. The van der Waals surface area contributed by atoms with E-state index >= 15 is 0 Å². The van der Waals surface area contributed by atoms with E-state index in [1.807, 2.05) is 37.3 Å². The average Bonchev–Trinajstić information content (AvgIpc) is 2.76. The smallest absolute Gasteiger partial charge is 0.110 e. The predicted octanol–water partition coefficient (Wildman–Crippen LogP) is 4.19. The molecule has 0 saturated heterocycles. The van der Waals surface area contributed by atoms with Crippen LogP contribution in [0.3, 0.4) is 0 Å². The zero-order valence-electron chi connectivity index (χ0n) is 9.33. The Morgan fingerprint density at radius 1 is 1.35 bits per heavy atom. The molecule has 1 N–H and O–H groups in total. The monoisotopic (exact) mass is 262 g/mol. The van der Waals surface area contributed by atoms with E-state index in [2.05, 4.69) is 11.4 Å². The Morgan fingerprint density at radius 3 is 2.82 bits per heavy atom. The van der Waals surface area contributed by atoms with E-state index in [0.717, 1.165) is 26.0 Å². The van der Waals surface area contributed by atoms with Crippen molar-refractivity contribution in [3.05, 3.63) is 50.7 Å². The van der Waals surface area contributed by atoms with Crippen LogP contribution in [0.15, 0.2) is 30.3 Å². The zero-order chi connectivity index (χ0) is 12.3. The number of anilines is 1. The molecule has 0 bridgehead atoms. The fourth-order valence-electron chi connectivity index (χ4n) is 1.48. The van der Waals surface area contributed by atoms with Crippen molar-refractivity contribution in [1.29, 1.82) is 5.26 Å². The lowest BCUT2D eigenvalue weighted by atomic mass is 10.2. The standard InChI is InChI=1S/C13H11ClN2S/c1-9-2-5-13(12(14)6-9)16-8-11-4-3-10(7-15)17-11/h2-6,16H,8H2,1H3. The highest BCUT2D eigenvalue weighted by Crippen LogP contribution is 2.24. The molecular weight excluding hydrogens is 252 g/mol. The Balaban J connectivity index is 2.05. The molecule has 1 aromatic carbocycles. The minimum Gasteiger partial charge on any atom is -0.379 e. The van der Waals surface area contributed by atoms with Gasteiger partial charge in [0.2, 0.25) is 0 Å². The van der Waals surface area contributed by atoms with Crippen molar-refractivity contribution in [2.45, 2.75) is 13.5 Å². The second kappa shape index (κ2) is 5.22. The summed E-state index contributed by atoms with van der Waals surface area (Å²) in [5, 5.41) is 12.7. The topological polar surface area (TPSA) is 35.8 Å². The van der Waals surface area contributed by atoms with E-state index in [9.17, 15) is 0 Å². The number of hydrogen-bond acceptors (Lipinski definition) is 3. The molecule has 1 heterocycles. The first-order valence-electron chi connectivity index (χ1n) is 5.18. The SMILES string of the molecule is Cc1ccc(NCc2ccc(C#N)s2)c(Cl)c1. The van der Waals surface area contributed by atoms with E-state index in [1.54, 1.807) is 0 Å². The van der Waals surface area contributed by atoms with Gasteiger partial charge >= 0.3 is 0 Å². The molecule has 0 aliphatic carbocycles. The summed E-state index contributed by atoms with van der Waals surface area (Å²) in [5.74, 6) is 0. The maximum Gasteiger partial charge on any atom is 0.110 e. The first kappa shape index (κ1) is 12.0. The molecule has 17 heavy (non-hydrogen) atoms. The molecule has 0 atom stereocenters. The summed E-state index contributed by atoms with van der Waals surface area (Å²) in [7, 11) is 0. The lowest BCUT2D eigenvalue weighted by molar-refractivity contribution is 1.19. The number of nitrogens with one attached hydrogen (secondary N) is 1. The van der Waals surface area contributed by atoms with Crippen molar-refractivity contribution in [3.63, 3.8) is 0 Å². The Hall–Kier alpha value is -1.50. The Bertz CT molecular complexity index is 569. The number of hydrogen-bond donors (Lipinski definition) is 1.